The Kier molecular flexibility index (Phi) is 3.20. The molecule has 1 heterocycles. The van der Waals surface area contributed by atoms with Gasteiger partial charge >= 0.3 is 0 Å². The zero-order valence-corrected chi connectivity index (χ0v) is 11.1. The molecule has 0 amide bonds. The van der Waals surface area contributed by atoms with Gasteiger partial charge in [0.2, 0.25) is 5.13 Å². The molecule has 0 saturated heterocycles. The van der Waals surface area contributed by atoms with E-state index in [4.69, 9.17) is 4.74 Å². The second kappa shape index (κ2) is 5.16. The first kappa shape index (κ1) is 11.8. The van der Waals surface area contributed by atoms with Gasteiger partial charge in [0.1, 0.15) is 5.75 Å². The van der Waals surface area contributed by atoms with Crippen LogP contribution in [0.1, 0.15) is 0 Å². The van der Waals surface area contributed by atoms with Gasteiger partial charge in [0.25, 0.3) is 0 Å². The van der Waals surface area contributed by atoms with E-state index in [1.165, 1.54) is 11.3 Å². The Hall–Kier alpha value is -2.27. The lowest BCUT2D eigenvalue weighted by Crippen LogP contribution is -1.79. The molecule has 0 atom stereocenters. The van der Waals surface area contributed by atoms with Crippen molar-refractivity contribution in [2.24, 2.45) is 10.2 Å². The Balaban J connectivity index is 1.84. The number of methoxy groups -OCH3 is 1. The third-order valence-corrected chi connectivity index (χ3v) is 3.53. The van der Waals surface area contributed by atoms with E-state index < -0.39 is 0 Å². The zero-order chi connectivity index (χ0) is 13.1. The molecule has 0 fully saturated rings. The van der Waals surface area contributed by atoms with Crippen molar-refractivity contribution in [2.75, 3.05) is 7.11 Å². The van der Waals surface area contributed by atoms with Gasteiger partial charge in [-0.1, -0.05) is 23.5 Å². The first-order valence-electron chi connectivity index (χ1n) is 5.76. The minimum Gasteiger partial charge on any atom is -0.497 e. The summed E-state index contributed by atoms with van der Waals surface area (Å²) in [6.07, 6.45) is 0. The Morgan fingerprint density at radius 2 is 1.79 bits per heavy atom. The summed E-state index contributed by atoms with van der Waals surface area (Å²) < 4.78 is 6.21. The van der Waals surface area contributed by atoms with Crippen LogP contribution in [0.15, 0.2) is 58.8 Å². The number of hydrogen-bond acceptors (Lipinski definition) is 5. The number of para-hydroxylation sites is 1. The fourth-order valence-corrected chi connectivity index (χ4v) is 2.44. The van der Waals surface area contributed by atoms with E-state index in [0.717, 1.165) is 21.7 Å². The Morgan fingerprint density at radius 3 is 2.53 bits per heavy atom. The third kappa shape index (κ3) is 2.61. The van der Waals surface area contributed by atoms with Crippen molar-refractivity contribution in [3.8, 4) is 5.75 Å². The van der Waals surface area contributed by atoms with E-state index in [1.807, 2.05) is 48.5 Å². The van der Waals surface area contributed by atoms with Gasteiger partial charge < -0.3 is 4.74 Å². The average molecular weight is 269 g/mol. The summed E-state index contributed by atoms with van der Waals surface area (Å²) >= 11 is 1.53. The molecule has 3 aromatic rings. The quantitative estimate of drug-likeness (QED) is 0.646. The highest BCUT2D eigenvalue weighted by molar-refractivity contribution is 7.21. The van der Waals surface area contributed by atoms with Crippen molar-refractivity contribution < 1.29 is 4.74 Å². The molecule has 94 valence electrons. The summed E-state index contributed by atoms with van der Waals surface area (Å²) in [5.74, 6) is 0.805. The molecule has 19 heavy (non-hydrogen) atoms. The normalized spacial score (nSPS) is 11.2. The van der Waals surface area contributed by atoms with Gasteiger partial charge in [0.15, 0.2) is 0 Å². The fraction of sp³-hybridized carbons (Fsp3) is 0.0714. The average Bonchev–Trinajstić information content (AvgIpc) is 2.88. The second-order valence-electron chi connectivity index (χ2n) is 3.86. The topological polar surface area (TPSA) is 46.8 Å². The number of aromatic nitrogens is 1. The lowest BCUT2D eigenvalue weighted by Gasteiger charge is -1.97. The van der Waals surface area contributed by atoms with Crippen molar-refractivity contribution in [1.82, 2.24) is 4.98 Å². The number of nitrogens with zero attached hydrogens (tertiary/aromatic N) is 3. The van der Waals surface area contributed by atoms with Crippen LogP contribution >= 0.6 is 11.3 Å². The Morgan fingerprint density at radius 1 is 1.00 bits per heavy atom. The summed E-state index contributed by atoms with van der Waals surface area (Å²) in [4.78, 5) is 4.39. The molecule has 0 radical (unpaired) electrons. The number of hydrogen-bond donors (Lipinski definition) is 0. The van der Waals surface area contributed by atoms with E-state index in [1.54, 1.807) is 7.11 Å². The van der Waals surface area contributed by atoms with Crippen LogP contribution in [0.5, 0.6) is 5.75 Å². The highest BCUT2D eigenvalue weighted by Crippen LogP contribution is 2.29. The zero-order valence-electron chi connectivity index (χ0n) is 10.3. The number of rotatable bonds is 3. The van der Waals surface area contributed by atoms with Crippen LogP contribution in [-0.4, -0.2) is 12.1 Å². The van der Waals surface area contributed by atoms with Crippen LogP contribution in [0, 0.1) is 0 Å². The van der Waals surface area contributed by atoms with Gasteiger partial charge in [-0.3, -0.25) is 0 Å². The summed E-state index contributed by atoms with van der Waals surface area (Å²) in [7, 11) is 1.64. The molecule has 0 unspecified atom stereocenters. The third-order valence-electron chi connectivity index (χ3n) is 2.61. The molecule has 0 N–H and O–H groups in total. The van der Waals surface area contributed by atoms with Gasteiger partial charge in [-0.25, -0.2) is 4.98 Å². The first-order valence-corrected chi connectivity index (χ1v) is 6.58. The molecule has 0 aliphatic rings. The van der Waals surface area contributed by atoms with E-state index >= 15 is 0 Å². The van der Waals surface area contributed by atoms with Crippen LogP contribution in [0.4, 0.5) is 10.8 Å². The van der Waals surface area contributed by atoms with Crippen molar-refractivity contribution in [1.29, 1.82) is 0 Å². The molecular formula is C14H11N3OS. The molecule has 0 bridgehead atoms. The van der Waals surface area contributed by atoms with Crippen molar-refractivity contribution >= 4 is 32.4 Å². The van der Waals surface area contributed by atoms with E-state index in [2.05, 4.69) is 15.2 Å². The minimum atomic E-state index is 0.664. The number of benzene rings is 2. The summed E-state index contributed by atoms with van der Waals surface area (Å²) in [6.45, 7) is 0. The second-order valence-corrected chi connectivity index (χ2v) is 4.87. The maximum absolute atomic E-state index is 5.09. The van der Waals surface area contributed by atoms with E-state index in [9.17, 15) is 0 Å². The SMILES string of the molecule is COc1ccc(N=Nc2nc3ccccc3s2)cc1. The molecule has 5 heteroatoms. The highest BCUT2D eigenvalue weighted by Gasteiger charge is 2.01. The van der Waals surface area contributed by atoms with Crippen LogP contribution < -0.4 is 4.74 Å². The van der Waals surface area contributed by atoms with Gasteiger partial charge in [-0.15, -0.1) is 10.2 Å². The predicted octanol–water partition coefficient (Wildman–Crippen LogP) is 4.72. The molecule has 3 rings (SSSR count). The number of ether oxygens (including phenoxy) is 1. The largest absolute Gasteiger partial charge is 0.497 e. The van der Waals surface area contributed by atoms with Crippen LogP contribution in [-0.2, 0) is 0 Å². The molecule has 0 spiro atoms. The predicted molar refractivity (Wildman–Crippen MR) is 76.8 cm³/mol. The van der Waals surface area contributed by atoms with Crippen LogP contribution in [0.25, 0.3) is 10.2 Å². The molecular weight excluding hydrogens is 258 g/mol. The fourth-order valence-electron chi connectivity index (χ4n) is 1.65. The maximum atomic E-state index is 5.09. The maximum Gasteiger partial charge on any atom is 0.231 e. The lowest BCUT2D eigenvalue weighted by atomic mass is 10.3. The molecule has 0 saturated carbocycles. The van der Waals surface area contributed by atoms with E-state index in [-0.39, 0.29) is 0 Å². The van der Waals surface area contributed by atoms with Gasteiger partial charge in [0, 0.05) is 0 Å². The summed E-state index contributed by atoms with van der Waals surface area (Å²) in [5, 5.41) is 8.99. The number of thiazole rings is 1. The monoisotopic (exact) mass is 269 g/mol. The molecule has 2 aromatic carbocycles. The first-order chi connectivity index (χ1) is 9.35. The summed E-state index contributed by atoms with van der Waals surface area (Å²) in [6, 6.07) is 15.4. The standard InChI is InChI=1S/C14H11N3OS/c1-18-11-8-6-10(7-9-11)16-17-14-15-12-4-2-3-5-13(12)19-14/h2-9H,1H3. The van der Waals surface area contributed by atoms with Crippen LogP contribution in [0.3, 0.4) is 0 Å². The highest BCUT2D eigenvalue weighted by atomic mass is 32.1. The molecule has 1 aromatic heterocycles. The Bertz CT molecular complexity index is 686. The molecule has 0 aliphatic carbocycles. The summed E-state index contributed by atoms with van der Waals surface area (Å²) in [5.41, 5.74) is 1.73. The van der Waals surface area contributed by atoms with Crippen molar-refractivity contribution in [3.05, 3.63) is 48.5 Å². The minimum absolute atomic E-state index is 0.664. The van der Waals surface area contributed by atoms with Gasteiger partial charge in [-0.05, 0) is 36.4 Å². The Labute approximate surface area is 114 Å². The van der Waals surface area contributed by atoms with Crippen molar-refractivity contribution in [2.45, 2.75) is 0 Å². The van der Waals surface area contributed by atoms with Crippen LogP contribution in [0.2, 0.25) is 0 Å². The molecule has 4 nitrogen and oxygen atoms in total. The van der Waals surface area contributed by atoms with Gasteiger partial charge in [0.05, 0.1) is 23.0 Å². The number of azo groups is 1. The number of fused-ring (bicyclic) bond motifs is 1. The van der Waals surface area contributed by atoms with E-state index in [0.29, 0.717) is 5.13 Å². The molecule has 0 aliphatic heterocycles. The lowest BCUT2D eigenvalue weighted by molar-refractivity contribution is 0.415. The smallest absolute Gasteiger partial charge is 0.231 e. The van der Waals surface area contributed by atoms with Gasteiger partial charge in [-0.2, -0.15) is 0 Å². The van der Waals surface area contributed by atoms with Crippen molar-refractivity contribution in [3.63, 3.8) is 0 Å².